The van der Waals surface area contributed by atoms with E-state index in [-0.39, 0.29) is 23.6 Å². The lowest BCUT2D eigenvalue weighted by molar-refractivity contribution is 0.0828. The van der Waals surface area contributed by atoms with Crippen molar-refractivity contribution in [2.45, 2.75) is 6.61 Å². The van der Waals surface area contributed by atoms with E-state index < -0.39 is 17.7 Å². The molecule has 36 heavy (non-hydrogen) atoms. The van der Waals surface area contributed by atoms with E-state index in [2.05, 4.69) is 16.2 Å². The number of benzene rings is 3. The average molecular weight is 485 g/mol. The third-order valence-electron chi connectivity index (χ3n) is 5.07. The summed E-state index contributed by atoms with van der Waals surface area (Å²) in [6.07, 6.45) is 0. The number of ether oxygens (including phenoxy) is 2. The summed E-state index contributed by atoms with van der Waals surface area (Å²) in [7, 11) is 1.54. The van der Waals surface area contributed by atoms with E-state index in [0.29, 0.717) is 22.8 Å². The van der Waals surface area contributed by atoms with E-state index in [1.54, 1.807) is 48.5 Å². The first kappa shape index (κ1) is 24.1. The van der Waals surface area contributed by atoms with Crippen molar-refractivity contribution in [3.63, 3.8) is 0 Å². The number of hydrogen-bond donors (Lipinski definition) is 3. The number of methoxy groups -OCH3 is 1. The normalized spacial score (nSPS) is 10.2. The van der Waals surface area contributed by atoms with Gasteiger partial charge in [-0.2, -0.15) is 0 Å². The van der Waals surface area contributed by atoms with Crippen molar-refractivity contribution in [1.29, 1.82) is 0 Å². The zero-order chi connectivity index (χ0) is 25.3. The average Bonchev–Trinajstić information content (AvgIpc) is 3.40. The number of anilines is 1. The summed E-state index contributed by atoms with van der Waals surface area (Å²) in [4.78, 5) is 37.8. The molecule has 0 aliphatic heterocycles. The van der Waals surface area contributed by atoms with Crippen LogP contribution in [0, 0.1) is 0 Å². The SMILES string of the molecule is COc1ccc(C(=O)Nc2ccccc2C(=O)NNC(=O)c2ccc(COc3ccccc3)o2)cc1. The Morgan fingerprint density at radius 2 is 1.42 bits per heavy atom. The van der Waals surface area contributed by atoms with Gasteiger partial charge in [0.15, 0.2) is 5.76 Å². The van der Waals surface area contributed by atoms with Gasteiger partial charge in [0.25, 0.3) is 11.8 Å². The number of carbonyl (C=O) groups is 3. The molecule has 3 aromatic carbocycles. The summed E-state index contributed by atoms with van der Waals surface area (Å²) in [6.45, 7) is 0.144. The van der Waals surface area contributed by atoms with Crippen molar-refractivity contribution >= 4 is 23.4 Å². The zero-order valence-electron chi connectivity index (χ0n) is 19.3. The lowest BCUT2D eigenvalue weighted by Gasteiger charge is -2.12. The third-order valence-corrected chi connectivity index (χ3v) is 5.07. The van der Waals surface area contributed by atoms with E-state index >= 15 is 0 Å². The Morgan fingerprint density at radius 1 is 0.722 bits per heavy atom. The Bertz CT molecular complexity index is 1350. The van der Waals surface area contributed by atoms with Gasteiger partial charge >= 0.3 is 5.91 Å². The number of carbonyl (C=O) groups excluding carboxylic acids is 3. The van der Waals surface area contributed by atoms with Crippen LogP contribution in [-0.4, -0.2) is 24.8 Å². The maximum Gasteiger partial charge on any atom is 0.305 e. The van der Waals surface area contributed by atoms with Gasteiger partial charge in [-0.15, -0.1) is 0 Å². The predicted octanol–water partition coefficient (Wildman–Crippen LogP) is 4.19. The van der Waals surface area contributed by atoms with E-state index in [1.165, 1.54) is 19.2 Å². The predicted molar refractivity (Wildman–Crippen MR) is 132 cm³/mol. The molecule has 9 nitrogen and oxygen atoms in total. The molecule has 0 saturated heterocycles. The number of nitrogens with one attached hydrogen (secondary N) is 3. The van der Waals surface area contributed by atoms with E-state index in [9.17, 15) is 14.4 Å². The molecule has 9 heteroatoms. The molecular formula is C27H23N3O6. The summed E-state index contributed by atoms with van der Waals surface area (Å²) in [6, 6.07) is 25.3. The van der Waals surface area contributed by atoms with Crippen LogP contribution in [0.4, 0.5) is 5.69 Å². The van der Waals surface area contributed by atoms with Gasteiger partial charge in [-0.1, -0.05) is 30.3 Å². The van der Waals surface area contributed by atoms with E-state index in [1.807, 2.05) is 30.3 Å². The minimum Gasteiger partial charge on any atom is -0.497 e. The number of hydrazine groups is 1. The lowest BCUT2D eigenvalue weighted by atomic mass is 10.1. The van der Waals surface area contributed by atoms with Crippen LogP contribution in [0.25, 0.3) is 0 Å². The first-order valence-corrected chi connectivity index (χ1v) is 10.9. The molecule has 0 aliphatic rings. The number of furan rings is 1. The van der Waals surface area contributed by atoms with Crippen molar-refractivity contribution in [1.82, 2.24) is 10.9 Å². The minimum atomic E-state index is -0.644. The Morgan fingerprint density at radius 3 is 2.17 bits per heavy atom. The first-order valence-electron chi connectivity index (χ1n) is 10.9. The van der Waals surface area contributed by atoms with Crippen LogP contribution in [0.2, 0.25) is 0 Å². The zero-order valence-corrected chi connectivity index (χ0v) is 19.3. The fourth-order valence-corrected chi connectivity index (χ4v) is 3.22. The first-order chi connectivity index (χ1) is 17.5. The van der Waals surface area contributed by atoms with Crippen LogP contribution in [0.5, 0.6) is 11.5 Å². The topological polar surface area (TPSA) is 119 Å². The fourth-order valence-electron chi connectivity index (χ4n) is 3.22. The Labute approximate surface area is 207 Å². The second-order valence-corrected chi connectivity index (χ2v) is 7.50. The molecule has 0 aliphatic carbocycles. The molecule has 0 fully saturated rings. The Balaban J connectivity index is 1.34. The molecule has 1 heterocycles. The summed E-state index contributed by atoms with van der Waals surface area (Å²) in [5.74, 6) is 0.0781. The number of hydrogen-bond acceptors (Lipinski definition) is 6. The summed E-state index contributed by atoms with van der Waals surface area (Å²) >= 11 is 0. The Hall–Kier alpha value is -5.05. The van der Waals surface area contributed by atoms with Gasteiger partial charge in [0.05, 0.1) is 18.4 Å². The highest BCUT2D eigenvalue weighted by molar-refractivity contribution is 6.09. The van der Waals surface area contributed by atoms with Gasteiger partial charge in [0.1, 0.15) is 23.9 Å². The molecule has 1 aromatic heterocycles. The van der Waals surface area contributed by atoms with Crippen LogP contribution in [-0.2, 0) is 6.61 Å². The molecule has 3 amide bonds. The van der Waals surface area contributed by atoms with Crippen molar-refractivity contribution in [3.8, 4) is 11.5 Å². The van der Waals surface area contributed by atoms with Crippen molar-refractivity contribution < 1.29 is 28.3 Å². The largest absolute Gasteiger partial charge is 0.497 e. The molecule has 0 saturated carbocycles. The van der Waals surface area contributed by atoms with E-state index in [0.717, 1.165) is 0 Å². The fraction of sp³-hybridized carbons (Fsp3) is 0.0741. The molecule has 0 unspecified atom stereocenters. The lowest BCUT2D eigenvalue weighted by Crippen LogP contribution is -2.41. The quantitative estimate of drug-likeness (QED) is 0.322. The molecule has 0 bridgehead atoms. The summed E-state index contributed by atoms with van der Waals surface area (Å²) < 4.78 is 16.2. The monoisotopic (exact) mass is 485 g/mol. The molecule has 4 aromatic rings. The highest BCUT2D eigenvalue weighted by Gasteiger charge is 2.17. The highest BCUT2D eigenvalue weighted by Crippen LogP contribution is 2.18. The van der Waals surface area contributed by atoms with Crippen LogP contribution in [0.3, 0.4) is 0 Å². The van der Waals surface area contributed by atoms with Crippen LogP contribution < -0.4 is 25.6 Å². The molecule has 0 radical (unpaired) electrons. The van der Waals surface area contributed by atoms with Gasteiger partial charge in [0.2, 0.25) is 0 Å². The third kappa shape index (κ3) is 6.09. The minimum absolute atomic E-state index is 0.00283. The number of para-hydroxylation sites is 2. The van der Waals surface area contributed by atoms with Gasteiger partial charge in [-0.3, -0.25) is 25.2 Å². The van der Waals surface area contributed by atoms with Gasteiger partial charge < -0.3 is 19.2 Å². The molecule has 0 spiro atoms. The van der Waals surface area contributed by atoms with Crippen LogP contribution >= 0.6 is 0 Å². The van der Waals surface area contributed by atoms with Crippen molar-refractivity contribution in [3.05, 3.63) is 114 Å². The highest BCUT2D eigenvalue weighted by atomic mass is 16.5. The summed E-state index contributed by atoms with van der Waals surface area (Å²) in [5.41, 5.74) is 5.48. The maximum atomic E-state index is 12.7. The Kier molecular flexibility index (Phi) is 7.62. The second kappa shape index (κ2) is 11.4. The van der Waals surface area contributed by atoms with Crippen molar-refractivity contribution in [2.75, 3.05) is 12.4 Å². The standard InChI is InChI=1S/C27H23N3O6/c1-34-19-13-11-18(12-14-19)25(31)28-23-10-6-5-9-22(23)26(32)29-30-27(33)24-16-15-21(36-24)17-35-20-7-3-2-4-8-20/h2-16H,17H2,1H3,(H,28,31)(H,29,32)(H,30,33). The maximum absolute atomic E-state index is 12.7. The van der Waals surface area contributed by atoms with E-state index in [4.69, 9.17) is 13.9 Å². The number of amides is 3. The smallest absolute Gasteiger partial charge is 0.305 e. The van der Waals surface area contributed by atoms with Gasteiger partial charge in [-0.05, 0) is 60.7 Å². The molecule has 4 rings (SSSR count). The molecule has 3 N–H and O–H groups in total. The van der Waals surface area contributed by atoms with Crippen LogP contribution in [0.1, 0.15) is 37.0 Å². The van der Waals surface area contributed by atoms with Crippen LogP contribution in [0.15, 0.2) is 95.4 Å². The van der Waals surface area contributed by atoms with Gasteiger partial charge in [0, 0.05) is 5.56 Å². The van der Waals surface area contributed by atoms with Crippen molar-refractivity contribution in [2.24, 2.45) is 0 Å². The second-order valence-electron chi connectivity index (χ2n) is 7.50. The number of rotatable bonds is 8. The summed E-state index contributed by atoms with van der Waals surface area (Å²) in [5, 5.41) is 2.71. The van der Waals surface area contributed by atoms with Gasteiger partial charge in [-0.25, -0.2) is 0 Å². The molecular weight excluding hydrogens is 462 g/mol. The molecule has 0 atom stereocenters. The molecule has 182 valence electrons.